The number of aryl methyl sites for hydroxylation is 1. The van der Waals surface area contributed by atoms with Crippen molar-refractivity contribution in [2.24, 2.45) is 62.1 Å². The number of epoxide rings is 1. The summed E-state index contributed by atoms with van der Waals surface area (Å²) in [5.41, 5.74) is 7.88. The number of carbonyl (C=O) groups is 2. The molecule has 10 nitrogen and oxygen atoms in total. The van der Waals surface area contributed by atoms with Crippen molar-refractivity contribution in [2.45, 2.75) is 258 Å². The van der Waals surface area contributed by atoms with Gasteiger partial charge in [-0.2, -0.15) is 0 Å². The first-order valence-corrected chi connectivity index (χ1v) is 32.2. The van der Waals surface area contributed by atoms with E-state index in [0.29, 0.717) is 56.3 Å². The highest BCUT2D eigenvalue weighted by atomic mass is 16.6. The van der Waals surface area contributed by atoms with E-state index in [2.05, 4.69) is 88.6 Å². The van der Waals surface area contributed by atoms with Gasteiger partial charge in [-0.3, -0.25) is 9.59 Å². The molecule has 2 saturated heterocycles. The predicted molar refractivity (Wildman–Crippen MR) is 309 cm³/mol. The molecule has 79 heavy (non-hydrogen) atoms. The standard InChI is InChI=1S/C69H98N2O8/c1-40(72)51(73)32-41-16-17-49(31-41)67(7)54-19-25-65(5)61(68(54,8)69(36-55(67)76)22-12-13-23-69)60(77)50-39-71-38-48(30-42-28-46(43-14-10-9-11-15-43)33-47(29-42)44-20-26-78-27-21-44)58-59(71)45(37-70-58)18-24-64(4,34-53(75)62-63(2,3)79-62)57-52(74)35-66(65,6)56(50)57/h28-29,33,37-38,40-41,43-44,49-51,53-54,60-62,70,72-73,75,77H,9-27,30-32,34-36,39H2,1-8H3/t40-,41-,49+,50+,51+,53+,54-,60+,61-,62+,64-,65-,66-,67-,68+/m0/s1. The molecule has 2 aromatic heterocycles. The summed E-state index contributed by atoms with van der Waals surface area (Å²) in [6.07, 6.45) is 22.6. The Hall–Kier alpha value is -3.12. The third-order valence-corrected chi connectivity index (χ3v) is 26.2. The number of carbonyl (C=O) groups excluding carboxylic acids is 2. The Morgan fingerprint density at radius 2 is 1.51 bits per heavy atom. The molecule has 1 aromatic carbocycles. The SMILES string of the molecule is C[C@H](O)[C@H](O)C[C@H]1CC[C@@H]([C@]2(C)C(=O)CC3(CCCC3)[C@@]3(C)[C@H]4[C@H](O)[C@@H]5Cn6cc(Cc7cc(C8CCCCC8)cc(C8CCOCC8)c7)c7[nH]cc(c76)CC[C@@](C)(C[C@@H](O)[C@H]6OC6(C)C)C6=C5[C@](C)(CC6=O)[C@@]4(C)CC[C@@H]23)C1. The lowest BCUT2D eigenvalue weighted by Gasteiger charge is -2.74. The number of fused-ring (bicyclic) bond motifs is 5. The van der Waals surface area contributed by atoms with Crippen LogP contribution in [0.3, 0.4) is 0 Å². The fourth-order valence-electron chi connectivity index (χ4n) is 21.8. The number of hydrogen-bond acceptors (Lipinski definition) is 8. The van der Waals surface area contributed by atoms with E-state index in [1.54, 1.807) is 6.92 Å². The highest BCUT2D eigenvalue weighted by Crippen LogP contribution is 2.81. The summed E-state index contributed by atoms with van der Waals surface area (Å²) in [7, 11) is 0. The molecule has 3 aromatic rings. The second-order valence-electron chi connectivity index (χ2n) is 30.6. The molecule has 0 unspecified atom stereocenters. The van der Waals surface area contributed by atoms with Gasteiger partial charge < -0.3 is 39.5 Å². The van der Waals surface area contributed by atoms with Crippen molar-refractivity contribution in [3.05, 3.63) is 69.6 Å². The van der Waals surface area contributed by atoms with Gasteiger partial charge in [0.15, 0.2) is 5.78 Å². The quantitative estimate of drug-likeness (QED) is 0.119. The molecular weight excluding hydrogens is 985 g/mol. The fourth-order valence-corrected chi connectivity index (χ4v) is 21.8. The van der Waals surface area contributed by atoms with Gasteiger partial charge in [0.05, 0.1) is 41.1 Å². The zero-order valence-electron chi connectivity index (χ0n) is 49.6. The number of aliphatic hydroxyl groups is 4. The Morgan fingerprint density at radius 3 is 2.19 bits per heavy atom. The number of aromatic amines is 1. The minimum atomic E-state index is -0.788. The number of H-pyrrole nitrogens is 1. The zero-order chi connectivity index (χ0) is 55.4. The van der Waals surface area contributed by atoms with E-state index in [1.165, 1.54) is 71.0 Å². The Kier molecular flexibility index (Phi) is 13.6. The molecule has 10 aliphatic rings. The number of ether oxygens (including phenoxy) is 2. The molecule has 6 saturated carbocycles. The first-order chi connectivity index (χ1) is 37.5. The van der Waals surface area contributed by atoms with Gasteiger partial charge in [0.1, 0.15) is 11.9 Å². The van der Waals surface area contributed by atoms with Crippen LogP contribution >= 0.6 is 0 Å². The van der Waals surface area contributed by atoms with E-state index in [0.717, 1.165) is 108 Å². The number of ketones is 2. The summed E-state index contributed by atoms with van der Waals surface area (Å²) < 4.78 is 14.5. The smallest absolute Gasteiger partial charge is 0.160 e. The van der Waals surface area contributed by atoms with E-state index in [4.69, 9.17) is 9.47 Å². The summed E-state index contributed by atoms with van der Waals surface area (Å²) >= 11 is 0. The number of Topliss-reactive ketones (excluding diaryl/α,β-unsaturated/α-hetero) is 2. The molecule has 0 amide bonds. The molecule has 3 aliphatic heterocycles. The number of benzene rings is 1. The van der Waals surface area contributed by atoms with E-state index in [1.807, 2.05) is 0 Å². The van der Waals surface area contributed by atoms with Crippen LogP contribution in [0.15, 0.2) is 41.7 Å². The maximum atomic E-state index is 15.9. The van der Waals surface area contributed by atoms with E-state index in [9.17, 15) is 20.4 Å². The highest BCUT2D eigenvalue weighted by Gasteiger charge is 2.78. The number of nitrogens with zero attached hydrogens (tertiary/aromatic N) is 1. The number of allylic oxidation sites excluding steroid dienone is 1. The van der Waals surface area contributed by atoms with E-state index < -0.39 is 57.1 Å². The number of aliphatic hydroxyl groups excluding tert-OH is 4. The third kappa shape index (κ3) is 8.38. The van der Waals surface area contributed by atoms with Crippen LogP contribution in [-0.2, 0) is 38.4 Å². The van der Waals surface area contributed by atoms with Crippen molar-refractivity contribution < 1.29 is 39.5 Å². The summed E-state index contributed by atoms with van der Waals surface area (Å²) in [6.45, 7) is 20.0. The van der Waals surface area contributed by atoms with Crippen molar-refractivity contribution in [1.29, 1.82) is 0 Å². The number of aromatic nitrogens is 2. The molecule has 8 fully saturated rings. The molecule has 0 bridgehead atoms. The van der Waals surface area contributed by atoms with Gasteiger partial charge in [-0.15, -0.1) is 0 Å². The van der Waals surface area contributed by atoms with E-state index in [-0.39, 0.29) is 46.9 Å². The topological polar surface area (TPSA) is 158 Å². The lowest BCUT2D eigenvalue weighted by molar-refractivity contribution is -0.266. The van der Waals surface area contributed by atoms with Crippen LogP contribution in [0.1, 0.15) is 230 Å². The fraction of sp³-hybridized carbons (Fsp3) is 0.768. The summed E-state index contributed by atoms with van der Waals surface area (Å²) in [6, 6.07) is 7.60. The van der Waals surface area contributed by atoms with Crippen LogP contribution < -0.4 is 0 Å². The normalized spacial score (nSPS) is 40.4. The van der Waals surface area contributed by atoms with Crippen LogP contribution in [-0.4, -0.2) is 90.9 Å². The number of nitrogens with one attached hydrogen (secondary N) is 1. The van der Waals surface area contributed by atoms with Crippen molar-refractivity contribution in [1.82, 2.24) is 9.55 Å². The maximum absolute atomic E-state index is 15.9. The monoisotopic (exact) mass is 1080 g/mol. The number of rotatable bonds is 11. The van der Waals surface area contributed by atoms with Gasteiger partial charge in [0.25, 0.3) is 0 Å². The number of hydrogen-bond donors (Lipinski definition) is 5. The molecule has 13 rings (SSSR count). The molecule has 0 radical (unpaired) electrons. The molecule has 10 heteroatoms. The molecule has 15 atom stereocenters. The average molecular weight is 1080 g/mol. The Morgan fingerprint density at radius 1 is 0.810 bits per heavy atom. The van der Waals surface area contributed by atoms with Gasteiger partial charge in [-0.05, 0) is 201 Å². The van der Waals surface area contributed by atoms with Gasteiger partial charge in [-0.25, -0.2) is 0 Å². The largest absolute Gasteiger partial charge is 0.392 e. The van der Waals surface area contributed by atoms with Gasteiger partial charge in [0, 0.05) is 73.7 Å². The summed E-state index contributed by atoms with van der Waals surface area (Å²) in [4.78, 5) is 35.3. The highest BCUT2D eigenvalue weighted by molar-refractivity contribution is 6.02. The lowest BCUT2D eigenvalue weighted by Crippen LogP contribution is -2.73. The minimum absolute atomic E-state index is 0.0571. The third-order valence-electron chi connectivity index (χ3n) is 26.2. The molecule has 5 heterocycles. The molecule has 1 spiro atoms. The second kappa shape index (κ2) is 19.5. The zero-order valence-corrected chi connectivity index (χ0v) is 49.6. The van der Waals surface area contributed by atoms with Crippen molar-refractivity contribution in [2.75, 3.05) is 13.2 Å². The Labute approximate surface area is 472 Å². The van der Waals surface area contributed by atoms with Gasteiger partial charge >= 0.3 is 0 Å². The van der Waals surface area contributed by atoms with Crippen molar-refractivity contribution in [3.63, 3.8) is 0 Å². The molecule has 7 aliphatic carbocycles. The van der Waals surface area contributed by atoms with Crippen LogP contribution in [0.5, 0.6) is 0 Å². The van der Waals surface area contributed by atoms with Crippen LogP contribution in [0, 0.1) is 62.1 Å². The molecular formula is C69H98N2O8. The minimum Gasteiger partial charge on any atom is -0.392 e. The second-order valence-corrected chi connectivity index (χ2v) is 30.6. The van der Waals surface area contributed by atoms with Crippen molar-refractivity contribution >= 4 is 22.6 Å². The first kappa shape index (κ1) is 55.1. The molecule has 5 N–H and O–H groups in total. The maximum Gasteiger partial charge on any atom is 0.160 e. The van der Waals surface area contributed by atoms with Crippen LogP contribution in [0.4, 0.5) is 0 Å². The Bertz CT molecular complexity index is 2860. The summed E-state index contributed by atoms with van der Waals surface area (Å²) in [5.74, 6) is 1.64. The summed E-state index contributed by atoms with van der Waals surface area (Å²) in [5, 5.41) is 48.0. The van der Waals surface area contributed by atoms with Crippen LogP contribution in [0.25, 0.3) is 11.0 Å². The van der Waals surface area contributed by atoms with Gasteiger partial charge in [0.2, 0.25) is 0 Å². The van der Waals surface area contributed by atoms with E-state index >= 15 is 9.59 Å². The van der Waals surface area contributed by atoms with Crippen molar-refractivity contribution in [3.8, 4) is 0 Å². The lowest BCUT2D eigenvalue weighted by atomic mass is 9.29. The predicted octanol–water partition coefficient (Wildman–Crippen LogP) is 12.8. The first-order valence-electron chi connectivity index (χ1n) is 32.2. The average Bonchev–Trinajstić information content (AvgIpc) is 2.07. The van der Waals surface area contributed by atoms with Crippen LogP contribution in [0.2, 0.25) is 0 Å². The van der Waals surface area contributed by atoms with Gasteiger partial charge in [-0.1, -0.05) is 91.3 Å². The molecule has 432 valence electrons. The Balaban J connectivity index is 0.951.